The van der Waals surface area contributed by atoms with Crippen molar-refractivity contribution in [3.63, 3.8) is 0 Å². The lowest BCUT2D eigenvalue weighted by atomic mass is 9.96. The number of likely N-dealkylation sites (tertiary alicyclic amines) is 2. The molecule has 10 unspecified atom stereocenters. The Labute approximate surface area is 353 Å². The highest BCUT2D eigenvalue weighted by molar-refractivity contribution is 5.93. The van der Waals surface area contributed by atoms with Gasteiger partial charge in [0.2, 0.25) is 5.91 Å². The molecule has 1 aromatic rings. The first kappa shape index (κ1) is 44.1. The minimum absolute atomic E-state index is 0.00102. The van der Waals surface area contributed by atoms with Crippen LogP contribution in [0.4, 0.5) is 4.39 Å². The summed E-state index contributed by atoms with van der Waals surface area (Å²) in [4.78, 5) is 33.4. The molecule has 19 nitrogen and oxygen atoms in total. The Balaban J connectivity index is 0.863. The van der Waals surface area contributed by atoms with Crippen molar-refractivity contribution in [2.75, 3.05) is 67.2 Å². The molecule has 7 aliphatic rings. The molecule has 8 heterocycles. The highest BCUT2D eigenvalue weighted by Crippen LogP contribution is 2.31. The molecule has 0 radical (unpaired) electrons. The molecular weight excluding hydrogens is 774 g/mol. The highest BCUT2D eigenvalue weighted by Gasteiger charge is 2.49. The molecule has 1 amide bonds. The number of likely N-dealkylation sites (N-methyl/N-ethyl adjacent to an activating group) is 2. The second kappa shape index (κ2) is 19.5. The fourth-order valence-corrected chi connectivity index (χ4v) is 10.6. The topological polar surface area (TPSA) is 193 Å². The highest BCUT2D eigenvalue weighted by atomic mass is 19.1. The van der Waals surface area contributed by atoms with E-state index in [0.29, 0.717) is 31.7 Å². The average molecular weight is 844 g/mol. The number of piperidine rings is 1. The maximum absolute atomic E-state index is 15.7. The van der Waals surface area contributed by atoms with Crippen LogP contribution in [0.3, 0.4) is 0 Å². The molecule has 8 rings (SSSR count). The van der Waals surface area contributed by atoms with Gasteiger partial charge in [-0.2, -0.15) is 0 Å². The number of carbonyl (C=O) groups is 1. The van der Waals surface area contributed by atoms with Crippen molar-refractivity contribution in [1.29, 1.82) is 0 Å². The quantitative estimate of drug-likeness (QED) is 0.0807. The number of pyridine rings is 1. The molecule has 1 aromatic heterocycles. The van der Waals surface area contributed by atoms with E-state index >= 15 is 4.39 Å². The van der Waals surface area contributed by atoms with E-state index in [9.17, 15) is 14.7 Å². The SMILES string of the molecule is C=C(Cn1cc(CNC2CC(N3CCCC[C@H]3CCO)NC3C(CC)CNN23)ccc1=O)C(=O)N[C@@H]1CN(C2NC(NC3CN(C)NC3OC)C3NCN(C)C3N2)C[C@H]1F. The summed E-state index contributed by atoms with van der Waals surface area (Å²) in [7, 11) is 5.73. The van der Waals surface area contributed by atoms with Crippen LogP contribution in [0.25, 0.3) is 0 Å². The molecule has 13 atom stereocenters. The van der Waals surface area contributed by atoms with Gasteiger partial charge in [0.15, 0.2) is 0 Å². The Kier molecular flexibility index (Phi) is 14.3. The van der Waals surface area contributed by atoms with Gasteiger partial charge in [-0.3, -0.25) is 61.6 Å². The number of hydrazine groups is 2. The van der Waals surface area contributed by atoms with E-state index in [1.54, 1.807) is 13.3 Å². The number of halogens is 1. The average Bonchev–Trinajstić information content (AvgIpc) is 4.03. The number of aliphatic hydroxyl groups is 1. The molecule has 7 aliphatic heterocycles. The van der Waals surface area contributed by atoms with E-state index in [1.807, 2.05) is 23.0 Å². The Bertz CT molecular complexity index is 1690. The number of carbonyl (C=O) groups excluding carboxylic acids is 1. The standard InChI is InChI=1S/C40H70FN15O4/c1-6-26-17-44-56-31(15-32(47-36(26)56)55-13-8-7-9-27(55)12-14-57)42-16-25-10-11-33(58)53(19-25)18-24(2)38(59)46-29-22-54(20-28(29)41)40-48-35(34-37(49-40)51(3)23-43-34)45-30-21-52(4)50-39(30)60-5/h10-11,19,26-32,34-37,39-40,42-45,47-50,57H,2,6-9,12-18,20-23H2,1,3-5H3,(H,46,59)/t26?,27-,28+,29+,30?,31?,32?,34?,35?,36?,37?,39?,40?/m0/s1. The number of hydrogen-bond donors (Lipinski definition) is 10. The normalized spacial score (nSPS) is 38.3. The van der Waals surface area contributed by atoms with Crippen LogP contribution in [-0.4, -0.2) is 181 Å². The summed E-state index contributed by atoms with van der Waals surface area (Å²) in [5.74, 6) is 0.000237. The minimum atomic E-state index is -1.29. The zero-order valence-corrected chi connectivity index (χ0v) is 35.8. The Morgan fingerprint density at radius 2 is 1.95 bits per heavy atom. The molecule has 10 N–H and O–H groups in total. The molecule has 60 heavy (non-hydrogen) atoms. The van der Waals surface area contributed by atoms with Gasteiger partial charge in [0.05, 0.1) is 55.5 Å². The fourth-order valence-electron chi connectivity index (χ4n) is 10.6. The summed E-state index contributed by atoms with van der Waals surface area (Å²) < 4.78 is 22.9. The van der Waals surface area contributed by atoms with Crippen LogP contribution in [-0.2, 0) is 22.6 Å². The fraction of sp³-hybridized carbons (Fsp3) is 0.800. The van der Waals surface area contributed by atoms with E-state index in [2.05, 4.69) is 83.4 Å². The van der Waals surface area contributed by atoms with Gasteiger partial charge in [0.25, 0.3) is 5.56 Å². The number of amides is 1. The number of ether oxygens (including phenoxy) is 1. The van der Waals surface area contributed by atoms with E-state index in [0.717, 1.165) is 50.9 Å². The molecule has 0 saturated carbocycles. The maximum atomic E-state index is 15.7. The summed E-state index contributed by atoms with van der Waals surface area (Å²) >= 11 is 0. The molecule has 0 aromatic carbocycles. The molecule has 336 valence electrons. The minimum Gasteiger partial charge on any atom is -0.396 e. The summed E-state index contributed by atoms with van der Waals surface area (Å²) in [5, 5.41) is 39.4. The van der Waals surface area contributed by atoms with E-state index in [1.165, 1.54) is 23.5 Å². The monoisotopic (exact) mass is 844 g/mol. The first-order valence-electron chi connectivity index (χ1n) is 22.2. The number of alkyl halides is 1. The Hall–Kier alpha value is -2.51. The summed E-state index contributed by atoms with van der Waals surface area (Å²) in [6.07, 6.45) is 6.43. The van der Waals surface area contributed by atoms with E-state index in [4.69, 9.17) is 4.74 Å². The van der Waals surface area contributed by atoms with Crippen LogP contribution in [0.15, 0.2) is 35.3 Å². The van der Waals surface area contributed by atoms with Crippen molar-refractivity contribution in [3.05, 3.63) is 46.4 Å². The van der Waals surface area contributed by atoms with Crippen molar-refractivity contribution in [3.8, 4) is 0 Å². The van der Waals surface area contributed by atoms with Crippen LogP contribution in [0.5, 0.6) is 0 Å². The van der Waals surface area contributed by atoms with Gasteiger partial charge < -0.3 is 19.7 Å². The summed E-state index contributed by atoms with van der Waals surface area (Å²) in [6.45, 7) is 10.8. The van der Waals surface area contributed by atoms with Crippen molar-refractivity contribution in [2.24, 2.45) is 5.92 Å². The molecule has 7 fully saturated rings. The smallest absolute Gasteiger partial charge is 0.250 e. The third kappa shape index (κ3) is 9.53. The lowest BCUT2D eigenvalue weighted by Gasteiger charge is -2.50. The van der Waals surface area contributed by atoms with Crippen LogP contribution in [0.2, 0.25) is 0 Å². The lowest BCUT2D eigenvalue weighted by Crippen LogP contribution is -2.76. The number of aromatic nitrogens is 1. The number of nitrogens with zero attached hydrogens (tertiary/aromatic N) is 6. The molecular formula is C40H70FN15O4. The van der Waals surface area contributed by atoms with Gasteiger partial charge in [-0.15, -0.1) is 0 Å². The van der Waals surface area contributed by atoms with Gasteiger partial charge in [0.1, 0.15) is 18.7 Å². The number of nitrogens with one attached hydrogen (secondary N) is 9. The Morgan fingerprint density at radius 1 is 1.10 bits per heavy atom. The summed E-state index contributed by atoms with van der Waals surface area (Å²) in [6, 6.07) is 3.07. The second-order valence-corrected chi connectivity index (χ2v) is 18.0. The molecule has 7 saturated heterocycles. The van der Waals surface area contributed by atoms with Gasteiger partial charge in [-0.05, 0) is 44.8 Å². The van der Waals surface area contributed by atoms with Crippen molar-refractivity contribution in [1.82, 2.24) is 77.4 Å². The predicted molar refractivity (Wildman–Crippen MR) is 225 cm³/mol. The van der Waals surface area contributed by atoms with Gasteiger partial charge in [0, 0.05) is 96.4 Å². The number of rotatable bonds is 15. The van der Waals surface area contributed by atoms with Crippen molar-refractivity contribution in [2.45, 2.75) is 132 Å². The third-order valence-corrected chi connectivity index (χ3v) is 14.0. The third-order valence-electron chi connectivity index (χ3n) is 14.0. The number of fused-ring (bicyclic) bond motifs is 2. The van der Waals surface area contributed by atoms with Gasteiger partial charge >= 0.3 is 0 Å². The van der Waals surface area contributed by atoms with E-state index < -0.39 is 18.1 Å². The molecule has 0 aliphatic carbocycles. The number of hydrogen-bond acceptors (Lipinski definition) is 17. The van der Waals surface area contributed by atoms with Gasteiger partial charge in [-0.25, -0.2) is 19.8 Å². The van der Waals surface area contributed by atoms with Crippen molar-refractivity contribution >= 4 is 5.91 Å². The molecule has 0 spiro atoms. The lowest BCUT2D eigenvalue weighted by molar-refractivity contribution is -0.118. The largest absolute Gasteiger partial charge is 0.396 e. The number of aliphatic hydroxyl groups excluding tert-OH is 1. The first-order valence-corrected chi connectivity index (χ1v) is 22.2. The number of methoxy groups -OCH3 is 1. The second-order valence-electron chi connectivity index (χ2n) is 18.0. The van der Waals surface area contributed by atoms with Crippen LogP contribution >= 0.6 is 0 Å². The van der Waals surface area contributed by atoms with Crippen LogP contribution in [0, 0.1) is 5.92 Å². The zero-order chi connectivity index (χ0) is 42.1. The molecule has 0 bridgehead atoms. The Morgan fingerprint density at radius 3 is 2.75 bits per heavy atom. The molecule has 20 heteroatoms. The maximum Gasteiger partial charge on any atom is 0.250 e. The zero-order valence-electron chi connectivity index (χ0n) is 35.8. The van der Waals surface area contributed by atoms with Crippen LogP contribution in [0.1, 0.15) is 51.0 Å². The van der Waals surface area contributed by atoms with Gasteiger partial charge in [-0.1, -0.05) is 26.0 Å². The van der Waals surface area contributed by atoms with E-state index in [-0.39, 0.29) is 86.3 Å². The first-order chi connectivity index (χ1) is 29.0. The predicted octanol–water partition coefficient (Wildman–Crippen LogP) is -2.94. The van der Waals surface area contributed by atoms with Crippen molar-refractivity contribution < 1.29 is 19.0 Å². The van der Waals surface area contributed by atoms with Crippen LogP contribution < -0.4 is 53.6 Å². The summed E-state index contributed by atoms with van der Waals surface area (Å²) in [5.41, 5.74) is 7.80.